The summed E-state index contributed by atoms with van der Waals surface area (Å²) in [5, 5.41) is 2.25. The van der Waals surface area contributed by atoms with E-state index in [9.17, 15) is 0 Å². The Morgan fingerprint density at radius 1 is 0.349 bits per heavy atom. The van der Waals surface area contributed by atoms with Crippen LogP contribution in [-0.4, -0.2) is 15.0 Å². The average molecular weight is 826 g/mol. The van der Waals surface area contributed by atoms with Gasteiger partial charge in [0.25, 0.3) is 0 Å². The Morgan fingerprint density at radius 2 is 0.841 bits per heavy atom. The molecular formula is C58H39N3OS. The monoisotopic (exact) mass is 825 g/mol. The quantitative estimate of drug-likeness (QED) is 0.155. The van der Waals surface area contributed by atoms with Gasteiger partial charge >= 0.3 is 0 Å². The molecule has 0 unspecified atom stereocenters. The lowest BCUT2D eigenvalue weighted by atomic mass is 9.92. The van der Waals surface area contributed by atoms with Gasteiger partial charge < -0.3 is 4.42 Å². The van der Waals surface area contributed by atoms with Crippen molar-refractivity contribution in [3.63, 3.8) is 0 Å². The third-order valence-electron chi connectivity index (χ3n) is 11.8. The molecule has 11 rings (SSSR count). The number of benzene rings is 9. The van der Waals surface area contributed by atoms with E-state index in [2.05, 4.69) is 171 Å². The molecule has 0 aliphatic rings. The number of hydrogen-bond acceptors (Lipinski definition) is 5. The molecule has 0 bridgehead atoms. The average Bonchev–Trinajstić information content (AvgIpc) is 3.74. The molecule has 5 heteroatoms. The maximum Gasteiger partial charge on any atom is 0.164 e. The van der Waals surface area contributed by atoms with E-state index in [4.69, 9.17) is 32.0 Å². The molecule has 298 valence electrons. The zero-order chi connectivity index (χ0) is 42.3. The Hall–Kier alpha value is -7.86. The lowest BCUT2D eigenvalue weighted by Gasteiger charge is -2.17. The summed E-state index contributed by atoms with van der Waals surface area (Å²) in [6.07, 6.45) is 0. The molecule has 0 fully saturated rings. The van der Waals surface area contributed by atoms with Crippen molar-refractivity contribution in [1.82, 2.24) is 15.0 Å². The first kappa shape index (κ1) is 38.1. The number of fused-ring (bicyclic) bond motifs is 3. The lowest BCUT2D eigenvalue weighted by Crippen LogP contribution is -2.02. The van der Waals surface area contributed by atoms with E-state index in [1.54, 1.807) is 0 Å². The molecule has 2 aromatic heterocycles. The third-order valence-corrected chi connectivity index (χ3v) is 12.2. The molecule has 2 heterocycles. The van der Waals surface area contributed by atoms with Crippen molar-refractivity contribution in [3.05, 3.63) is 218 Å². The van der Waals surface area contributed by atoms with Crippen LogP contribution >= 0.6 is 12.6 Å². The predicted octanol–water partition coefficient (Wildman–Crippen LogP) is 15.7. The maximum atomic E-state index is 6.41. The van der Waals surface area contributed by atoms with Crippen molar-refractivity contribution >= 4 is 34.6 Å². The second kappa shape index (κ2) is 16.2. The first-order chi connectivity index (χ1) is 31.0. The highest BCUT2D eigenvalue weighted by Gasteiger charge is 2.20. The summed E-state index contributed by atoms with van der Waals surface area (Å²) in [4.78, 5) is 16.4. The fraction of sp³-hybridized carbons (Fsp3) is 0.0172. The lowest BCUT2D eigenvalue weighted by molar-refractivity contribution is 0.670. The van der Waals surface area contributed by atoms with Crippen LogP contribution in [0.3, 0.4) is 0 Å². The van der Waals surface area contributed by atoms with E-state index in [1.807, 2.05) is 48.5 Å². The fourth-order valence-corrected chi connectivity index (χ4v) is 8.91. The van der Waals surface area contributed by atoms with Gasteiger partial charge in [0, 0.05) is 37.9 Å². The van der Waals surface area contributed by atoms with Crippen molar-refractivity contribution in [2.75, 3.05) is 0 Å². The predicted molar refractivity (Wildman–Crippen MR) is 263 cm³/mol. The van der Waals surface area contributed by atoms with Crippen LogP contribution in [0.5, 0.6) is 0 Å². The molecule has 9 aromatic carbocycles. The highest BCUT2D eigenvalue weighted by Crippen LogP contribution is 2.41. The number of hydrogen-bond donors (Lipinski definition) is 1. The third kappa shape index (κ3) is 7.28. The molecule has 0 radical (unpaired) electrons. The maximum absolute atomic E-state index is 6.41. The summed E-state index contributed by atoms with van der Waals surface area (Å²) in [5.41, 5.74) is 16.6. The second-order valence-corrected chi connectivity index (χ2v) is 16.3. The number of nitrogens with zero attached hydrogens (tertiary/aromatic N) is 3. The Kier molecular flexibility index (Phi) is 9.80. The highest BCUT2D eigenvalue weighted by molar-refractivity contribution is 7.80. The zero-order valence-corrected chi connectivity index (χ0v) is 35.3. The molecule has 0 aliphatic carbocycles. The van der Waals surface area contributed by atoms with Crippen LogP contribution in [0.4, 0.5) is 0 Å². The largest absolute Gasteiger partial charge is 0.455 e. The number of thiol groups is 1. The van der Waals surface area contributed by atoms with E-state index in [0.717, 1.165) is 105 Å². The molecule has 0 aliphatic heterocycles. The normalized spacial score (nSPS) is 11.3. The minimum Gasteiger partial charge on any atom is -0.455 e. The van der Waals surface area contributed by atoms with Crippen LogP contribution in [-0.2, 0) is 0 Å². The summed E-state index contributed by atoms with van der Waals surface area (Å²) in [6.45, 7) is 2.14. The first-order valence-corrected chi connectivity index (χ1v) is 21.5. The molecule has 0 saturated heterocycles. The summed E-state index contributed by atoms with van der Waals surface area (Å²) >= 11 is 4.99. The van der Waals surface area contributed by atoms with E-state index in [1.165, 1.54) is 0 Å². The van der Waals surface area contributed by atoms with Gasteiger partial charge in [-0.2, -0.15) is 0 Å². The number of rotatable bonds is 8. The summed E-state index contributed by atoms with van der Waals surface area (Å²) < 4.78 is 6.41. The standard InChI is InChI=1S/C58H39N3OS/c1-37-15-10-29-50(54(37)51-36-44(31-32-53(51)63)38-16-4-2-5-17-38)58-60-56(39-18-6-3-7-19-39)59-57(61-58)46-25-13-23-43(35-46)41-21-11-20-40(33-41)42-22-12-24-45(34-42)47-27-14-28-49-48-26-8-9-30-52(48)62-55(47)49/h2-36,63H,1H3. The van der Waals surface area contributed by atoms with Crippen LogP contribution in [0.15, 0.2) is 222 Å². The van der Waals surface area contributed by atoms with Gasteiger partial charge in [-0.15, -0.1) is 12.6 Å². The van der Waals surface area contributed by atoms with Crippen LogP contribution in [0.1, 0.15) is 5.56 Å². The van der Waals surface area contributed by atoms with Gasteiger partial charge in [0.15, 0.2) is 17.5 Å². The zero-order valence-electron chi connectivity index (χ0n) is 34.4. The number of para-hydroxylation sites is 2. The Balaban J connectivity index is 0.989. The van der Waals surface area contributed by atoms with E-state index >= 15 is 0 Å². The molecule has 0 N–H and O–H groups in total. The van der Waals surface area contributed by atoms with E-state index in [0.29, 0.717) is 17.5 Å². The van der Waals surface area contributed by atoms with Crippen molar-refractivity contribution in [2.24, 2.45) is 0 Å². The molecule has 0 saturated carbocycles. The highest BCUT2D eigenvalue weighted by atomic mass is 32.1. The summed E-state index contributed by atoms with van der Waals surface area (Å²) in [6, 6.07) is 73.8. The number of furan rings is 1. The van der Waals surface area contributed by atoms with Crippen molar-refractivity contribution in [1.29, 1.82) is 0 Å². The number of aryl methyl sites for hydroxylation is 1. The van der Waals surface area contributed by atoms with Crippen LogP contribution in [0.2, 0.25) is 0 Å². The minimum absolute atomic E-state index is 0.598. The van der Waals surface area contributed by atoms with Crippen LogP contribution < -0.4 is 0 Å². The molecule has 0 amide bonds. The molecule has 63 heavy (non-hydrogen) atoms. The molecule has 0 spiro atoms. The van der Waals surface area contributed by atoms with Crippen molar-refractivity contribution < 1.29 is 4.42 Å². The van der Waals surface area contributed by atoms with Crippen LogP contribution in [0, 0.1) is 6.92 Å². The van der Waals surface area contributed by atoms with Crippen molar-refractivity contribution in [3.8, 4) is 89.8 Å². The fourth-order valence-electron chi connectivity index (χ4n) is 8.66. The molecule has 4 nitrogen and oxygen atoms in total. The van der Waals surface area contributed by atoms with Crippen LogP contribution in [0.25, 0.3) is 112 Å². The van der Waals surface area contributed by atoms with Gasteiger partial charge in [-0.3, -0.25) is 0 Å². The molecule has 11 aromatic rings. The van der Waals surface area contributed by atoms with Gasteiger partial charge in [0.05, 0.1) is 0 Å². The van der Waals surface area contributed by atoms with E-state index in [-0.39, 0.29) is 0 Å². The Morgan fingerprint density at radius 3 is 1.57 bits per heavy atom. The van der Waals surface area contributed by atoms with Crippen molar-refractivity contribution in [2.45, 2.75) is 11.8 Å². The van der Waals surface area contributed by atoms with Gasteiger partial charge in [-0.05, 0) is 99.0 Å². The Labute approximate surface area is 371 Å². The van der Waals surface area contributed by atoms with Gasteiger partial charge in [-0.1, -0.05) is 176 Å². The SMILES string of the molecule is Cc1cccc(-c2nc(-c3ccccc3)nc(-c3cccc(-c4cccc(-c5cccc(-c6cccc7c6oc6ccccc67)c5)c4)c3)n2)c1-c1cc(-c2ccccc2)ccc1S. The molecular weight excluding hydrogens is 787 g/mol. The second-order valence-electron chi connectivity index (χ2n) is 15.8. The summed E-state index contributed by atoms with van der Waals surface area (Å²) in [5.74, 6) is 1.81. The smallest absolute Gasteiger partial charge is 0.164 e. The molecule has 0 atom stereocenters. The van der Waals surface area contributed by atoms with Gasteiger partial charge in [-0.25, -0.2) is 15.0 Å². The Bertz CT molecular complexity index is 3490. The number of aromatic nitrogens is 3. The summed E-state index contributed by atoms with van der Waals surface area (Å²) in [7, 11) is 0. The topological polar surface area (TPSA) is 51.8 Å². The van der Waals surface area contributed by atoms with Gasteiger partial charge in [0.2, 0.25) is 0 Å². The van der Waals surface area contributed by atoms with Gasteiger partial charge in [0.1, 0.15) is 11.2 Å². The van der Waals surface area contributed by atoms with E-state index < -0.39 is 0 Å². The minimum atomic E-state index is 0.598. The first-order valence-electron chi connectivity index (χ1n) is 21.1.